The minimum atomic E-state index is -0.227. The van der Waals surface area contributed by atoms with E-state index in [1.165, 1.54) is 0 Å². The van der Waals surface area contributed by atoms with Gasteiger partial charge in [-0.25, -0.2) is 0 Å². The van der Waals surface area contributed by atoms with Gasteiger partial charge in [0.05, 0.1) is 0 Å². The molecule has 128 valence electrons. The topological polar surface area (TPSA) is 72.9 Å². The van der Waals surface area contributed by atoms with Gasteiger partial charge < -0.3 is 19.5 Å². The lowest BCUT2D eigenvalue weighted by Crippen LogP contribution is -2.45. The van der Waals surface area contributed by atoms with Crippen molar-refractivity contribution in [1.29, 1.82) is 0 Å². The molecule has 7 heteroatoms. The molecule has 0 aromatic carbocycles. The molecule has 7 nitrogen and oxygen atoms in total. The summed E-state index contributed by atoms with van der Waals surface area (Å²) < 4.78 is 16.5. The Hall–Kier alpha value is -1.70. The van der Waals surface area contributed by atoms with Crippen molar-refractivity contribution in [3.63, 3.8) is 0 Å². The van der Waals surface area contributed by atoms with Crippen molar-refractivity contribution in [2.45, 2.75) is 25.2 Å². The fraction of sp³-hybridized carbons (Fsp3) is 0.625. The SMILES string of the molecule is CNC(=O)c1cc(OC2CCCN(CC(OC)OC)C2)ccn1. The van der Waals surface area contributed by atoms with Gasteiger partial charge in [0.1, 0.15) is 17.5 Å². The van der Waals surface area contributed by atoms with Crippen LogP contribution in [0.3, 0.4) is 0 Å². The Bertz CT molecular complexity index is 508. The van der Waals surface area contributed by atoms with Crippen molar-refractivity contribution < 1.29 is 19.0 Å². The molecule has 1 aromatic rings. The molecule has 1 aliphatic heterocycles. The summed E-state index contributed by atoms with van der Waals surface area (Å²) in [6.45, 7) is 2.52. The summed E-state index contributed by atoms with van der Waals surface area (Å²) in [5, 5.41) is 2.56. The van der Waals surface area contributed by atoms with Crippen molar-refractivity contribution in [3.05, 3.63) is 24.0 Å². The number of piperidine rings is 1. The van der Waals surface area contributed by atoms with Crippen molar-refractivity contribution in [2.75, 3.05) is 40.9 Å². The minimum absolute atomic E-state index is 0.0815. The molecule has 0 aliphatic carbocycles. The van der Waals surface area contributed by atoms with Crippen LogP contribution in [0.25, 0.3) is 0 Å². The first-order valence-corrected chi connectivity index (χ1v) is 7.79. The number of hydrogen-bond donors (Lipinski definition) is 1. The Kier molecular flexibility index (Phi) is 6.76. The number of nitrogens with one attached hydrogen (secondary N) is 1. The van der Waals surface area contributed by atoms with E-state index in [-0.39, 0.29) is 18.3 Å². The summed E-state index contributed by atoms with van der Waals surface area (Å²) in [6, 6.07) is 3.45. The Morgan fingerprint density at radius 3 is 2.96 bits per heavy atom. The molecule has 1 aromatic heterocycles. The van der Waals surface area contributed by atoms with E-state index >= 15 is 0 Å². The second-order valence-electron chi connectivity index (χ2n) is 5.50. The van der Waals surface area contributed by atoms with Crippen molar-refractivity contribution in [2.24, 2.45) is 0 Å². The predicted octanol–water partition coefficient (Wildman–Crippen LogP) is 0.903. The molecule has 0 bridgehead atoms. The highest BCUT2D eigenvalue weighted by molar-refractivity contribution is 5.92. The van der Waals surface area contributed by atoms with Crippen molar-refractivity contribution in [1.82, 2.24) is 15.2 Å². The Labute approximate surface area is 136 Å². The number of pyridine rings is 1. The number of hydrogen-bond acceptors (Lipinski definition) is 6. The van der Waals surface area contributed by atoms with Crippen LogP contribution in [-0.2, 0) is 9.47 Å². The van der Waals surface area contributed by atoms with Gasteiger partial charge in [-0.3, -0.25) is 14.7 Å². The summed E-state index contributed by atoms with van der Waals surface area (Å²) in [4.78, 5) is 17.9. The molecule has 1 unspecified atom stereocenters. The van der Waals surface area contributed by atoms with Gasteiger partial charge in [0.2, 0.25) is 0 Å². The van der Waals surface area contributed by atoms with Gasteiger partial charge in [-0.2, -0.15) is 0 Å². The van der Waals surface area contributed by atoms with Gasteiger partial charge in [0.25, 0.3) is 5.91 Å². The van der Waals surface area contributed by atoms with Crippen LogP contribution in [0.4, 0.5) is 0 Å². The van der Waals surface area contributed by atoms with Crippen LogP contribution in [-0.4, -0.2) is 69.1 Å². The molecule has 1 amide bonds. The smallest absolute Gasteiger partial charge is 0.269 e. The molecule has 23 heavy (non-hydrogen) atoms. The number of carbonyl (C=O) groups is 1. The molecule has 1 fully saturated rings. The Morgan fingerprint density at radius 1 is 1.48 bits per heavy atom. The van der Waals surface area contributed by atoms with Crippen LogP contribution >= 0.6 is 0 Å². The Balaban J connectivity index is 1.93. The number of amides is 1. The maximum absolute atomic E-state index is 11.6. The van der Waals surface area contributed by atoms with E-state index < -0.39 is 0 Å². The zero-order valence-corrected chi connectivity index (χ0v) is 13.9. The summed E-state index contributed by atoms with van der Waals surface area (Å²) in [7, 11) is 4.87. The average molecular weight is 323 g/mol. The molecule has 2 heterocycles. The van der Waals surface area contributed by atoms with E-state index in [9.17, 15) is 4.79 Å². The first-order chi connectivity index (χ1) is 11.2. The quantitative estimate of drug-likeness (QED) is 0.752. The average Bonchev–Trinajstić information content (AvgIpc) is 2.59. The third-order valence-corrected chi connectivity index (χ3v) is 3.89. The minimum Gasteiger partial charge on any atom is -0.489 e. The predicted molar refractivity (Wildman–Crippen MR) is 85.5 cm³/mol. The second kappa shape index (κ2) is 8.81. The monoisotopic (exact) mass is 323 g/mol. The molecule has 0 radical (unpaired) electrons. The van der Waals surface area contributed by atoms with E-state index in [0.29, 0.717) is 18.0 Å². The first kappa shape index (κ1) is 17.7. The molecule has 2 rings (SSSR count). The molecular formula is C16H25N3O4. The summed E-state index contributed by atoms with van der Waals surface area (Å²) in [5.74, 6) is 0.448. The van der Waals surface area contributed by atoms with Gasteiger partial charge in [0, 0.05) is 46.6 Å². The maximum Gasteiger partial charge on any atom is 0.269 e. The maximum atomic E-state index is 11.6. The number of nitrogens with zero attached hydrogens (tertiary/aromatic N) is 2. The largest absolute Gasteiger partial charge is 0.489 e. The number of rotatable bonds is 7. The highest BCUT2D eigenvalue weighted by atomic mass is 16.7. The van der Waals surface area contributed by atoms with Crippen molar-refractivity contribution in [3.8, 4) is 5.75 Å². The highest BCUT2D eigenvalue weighted by Gasteiger charge is 2.23. The van der Waals surface area contributed by atoms with E-state index in [0.717, 1.165) is 25.9 Å². The number of methoxy groups -OCH3 is 2. The molecule has 1 saturated heterocycles. The zero-order chi connectivity index (χ0) is 16.7. The molecule has 0 spiro atoms. The normalized spacial score (nSPS) is 18.9. The van der Waals surface area contributed by atoms with Gasteiger partial charge in [-0.1, -0.05) is 0 Å². The number of carbonyl (C=O) groups excluding carboxylic acids is 1. The van der Waals surface area contributed by atoms with Gasteiger partial charge in [-0.05, 0) is 25.5 Å². The van der Waals surface area contributed by atoms with Gasteiger partial charge >= 0.3 is 0 Å². The molecular weight excluding hydrogens is 298 g/mol. The van der Waals surface area contributed by atoms with E-state index in [4.69, 9.17) is 14.2 Å². The van der Waals surface area contributed by atoms with Gasteiger partial charge in [-0.15, -0.1) is 0 Å². The van der Waals surface area contributed by atoms with Crippen LogP contribution in [0.2, 0.25) is 0 Å². The Morgan fingerprint density at radius 2 is 2.26 bits per heavy atom. The van der Waals surface area contributed by atoms with E-state index in [2.05, 4.69) is 15.2 Å². The standard InChI is InChI=1S/C16H25N3O4/c1-17-16(20)14-9-12(6-7-18-14)23-13-5-4-8-19(10-13)11-15(21-2)22-3/h6-7,9,13,15H,4-5,8,10-11H2,1-3H3,(H,17,20). The van der Waals surface area contributed by atoms with Crippen LogP contribution < -0.4 is 10.1 Å². The fourth-order valence-electron chi connectivity index (χ4n) is 2.66. The number of ether oxygens (including phenoxy) is 3. The van der Waals surface area contributed by atoms with Crippen LogP contribution in [0, 0.1) is 0 Å². The molecule has 1 atom stereocenters. The summed E-state index contributed by atoms with van der Waals surface area (Å²) >= 11 is 0. The third-order valence-electron chi connectivity index (χ3n) is 3.89. The summed E-state index contributed by atoms with van der Waals surface area (Å²) in [6.07, 6.45) is 3.48. The second-order valence-corrected chi connectivity index (χ2v) is 5.50. The van der Waals surface area contributed by atoms with E-state index in [1.807, 2.05) is 0 Å². The van der Waals surface area contributed by atoms with Gasteiger partial charge in [0.15, 0.2) is 6.29 Å². The van der Waals surface area contributed by atoms with Crippen LogP contribution in [0.15, 0.2) is 18.3 Å². The lowest BCUT2D eigenvalue weighted by atomic mass is 10.1. The first-order valence-electron chi connectivity index (χ1n) is 7.79. The van der Waals surface area contributed by atoms with E-state index in [1.54, 1.807) is 39.6 Å². The highest BCUT2D eigenvalue weighted by Crippen LogP contribution is 2.19. The fourth-order valence-corrected chi connectivity index (χ4v) is 2.66. The number of aromatic nitrogens is 1. The van der Waals surface area contributed by atoms with Crippen LogP contribution in [0.5, 0.6) is 5.75 Å². The summed E-state index contributed by atoms with van der Waals surface area (Å²) in [5.41, 5.74) is 0.358. The molecule has 1 aliphatic rings. The zero-order valence-electron chi connectivity index (χ0n) is 13.9. The third kappa shape index (κ3) is 5.16. The lowest BCUT2D eigenvalue weighted by molar-refractivity contribution is -0.120. The molecule has 0 saturated carbocycles. The van der Waals surface area contributed by atoms with Crippen molar-refractivity contribution >= 4 is 5.91 Å². The number of likely N-dealkylation sites (tertiary alicyclic amines) is 1. The van der Waals surface area contributed by atoms with Crippen LogP contribution in [0.1, 0.15) is 23.3 Å². The molecule has 1 N–H and O–H groups in total. The lowest BCUT2D eigenvalue weighted by Gasteiger charge is -2.34.